The van der Waals surface area contributed by atoms with Crippen LogP contribution in [0.25, 0.3) is 0 Å². The van der Waals surface area contributed by atoms with E-state index >= 15 is 0 Å². The molecule has 1 fully saturated rings. The lowest BCUT2D eigenvalue weighted by Gasteiger charge is -2.38. The van der Waals surface area contributed by atoms with Gasteiger partial charge in [-0.25, -0.2) is 5.43 Å². The number of ether oxygens (including phenoxy) is 1. The van der Waals surface area contributed by atoms with Gasteiger partial charge in [-0.2, -0.15) is 5.10 Å². The molecule has 3 heterocycles. The van der Waals surface area contributed by atoms with Crippen LogP contribution in [0.2, 0.25) is 0 Å². The molecule has 3 aliphatic rings. The third-order valence-electron chi connectivity index (χ3n) is 4.46. The van der Waals surface area contributed by atoms with E-state index in [0.29, 0.717) is 12.5 Å². The number of rotatable bonds is 2. The predicted octanol–water partition coefficient (Wildman–Crippen LogP) is 1.24. The lowest BCUT2D eigenvalue weighted by Crippen LogP contribution is -2.55. The number of anilines is 1. The first-order chi connectivity index (χ1) is 10.6. The average molecular weight is 365 g/mol. The normalized spacial score (nSPS) is 23.7. The monoisotopic (exact) mass is 364 g/mol. The van der Waals surface area contributed by atoms with E-state index in [0.717, 1.165) is 41.3 Å². The van der Waals surface area contributed by atoms with Crippen LogP contribution >= 0.6 is 15.9 Å². The fourth-order valence-electron chi connectivity index (χ4n) is 3.05. The van der Waals surface area contributed by atoms with Gasteiger partial charge in [-0.15, -0.1) is 0 Å². The predicted molar refractivity (Wildman–Crippen MR) is 87.2 cm³/mol. The molecule has 1 amide bonds. The summed E-state index contributed by atoms with van der Waals surface area (Å²) in [5.74, 6) is 2.12. The SMILES string of the molecule is CC1C(=O)NN=C2COc3cc(Br)c(CC4CNC4)cc3N21. The zero-order valence-electron chi connectivity index (χ0n) is 12.2. The van der Waals surface area contributed by atoms with Gasteiger partial charge in [0.15, 0.2) is 5.84 Å². The van der Waals surface area contributed by atoms with Crippen LogP contribution < -0.4 is 20.4 Å². The number of amides is 1. The molecular weight excluding hydrogens is 348 g/mol. The largest absolute Gasteiger partial charge is 0.483 e. The summed E-state index contributed by atoms with van der Waals surface area (Å²) in [7, 11) is 0. The number of hydrazone groups is 1. The van der Waals surface area contributed by atoms with Gasteiger partial charge in [-0.1, -0.05) is 15.9 Å². The second kappa shape index (κ2) is 5.24. The molecule has 22 heavy (non-hydrogen) atoms. The first-order valence-corrected chi connectivity index (χ1v) is 8.24. The van der Waals surface area contributed by atoms with Crippen molar-refractivity contribution < 1.29 is 9.53 Å². The van der Waals surface area contributed by atoms with E-state index in [1.54, 1.807) is 0 Å². The van der Waals surface area contributed by atoms with Crippen LogP contribution in [0.4, 0.5) is 5.69 Å². The Bertz CT molecular complexity index is 672. The molecule has 1 saturated heterocycles. The highest BCUT2D eigenvalue weighted by Crippen LogP contribution is 2.39. The summed E-state index contributed by atoms with van der Waals surface area (Å²) < 4.78 is 6.85. The first kappa shape index (κ1) is 14.0. The number of carbonyl (C=O) groups is 1. The van der Waals surface area contributed by atoms with Crippen molar-refractivity contribution in [3.63, 3.8) is 0 Å². The van der Waals surface area contributed by atoms with Gasteiger partial charge in [-0.05, 0) is 50.0 Å². The Labute approximate surface area is 137 Å². The highest BCUT2D eigenvalue weighted by molar-refractivity contribution is 9.10. The van der Waals surface area contributed by atoms with Gasteiger partial charge < -0.3 is 15.0 Å². The third-order valence-corrected chi connectivity index (χ3v) is 5.20. The number of fused-ring (bicyclic) bond motifs is 3. The molecule has 6 nitrogen and oxygen atoms in total. The summed E-state index contributed by atoms with van der Waals surface area (Å²) in [5, 5.41) is 7.42. The second-order valence-electron chi connectivity index (χ2n) is 5.98. The van der Waals surface area contributed by atoms with Gasteiger partial charge in [0.1, 0.15) is 18.4 Å². The molecule has 0 radical (unpaired) electrons. The highest BCUT2D eigenvalue weighted by Gasteiger charge is 2.35. The molecule has 1 atom stereocenters. The maximum absolute atomic E-state index is 11.9. The van der Waals surface area contributed by atoms with Crippen LogP contribution in [0.15, 0.2) is 21.7 Å². The van der Waals surface area contributed by atoms with Crippen molar-refractivity contribution in [1.82, 2.24) is 10.7 Å². The van der Waals surface area contributed by atoms with Crippen LogP contribution in [-0.4, -0.2) is 37.5 Å². The topological polar surface area (TPSA) is 66.0 Å². The quantitative estimate of drug-likeness (QED) is 0.828. The maximum atomic E-state index is 11.9. The minimum absolute atomic E-state index is 0.0933. The van der Waals surface area contributed by atoms with Crippen molar-refractivity contribution >= 4 is 33.4 Å². The van der Waals surface area contributed by atoms with E-state index < -0.39 is 0 Å². The molecule has 0 aromatic heterocycles. The standard InChI is InChI=1S/C15H17BrN4O2/c1-8-15(21)19-18-14-7-22-13-4-11(16)10(2-9-5-17-6-9)3-12(13)20(8)14/h3-4,8-9,17H,2,5-7H2,1H3,(H,19,21). The number of benzene rings is 1. The van der Waals surface area contributed by atoms with Crippen molar-refractivity contribution in [3.8, 4) is 5.75 Å². The van der Waals surface area contributed by atoms with E-state index in [4.69, 9.17) is 4.74 Å². The van der Waals surface area contributed by atoms with Crippen molar-refractivity contribution in [2.24, 2.45) is 11.0 Å². The Kier molecular flexibility index (Phi) is 3.34. The van der Waals surface area contributed by atoms with Gasteiger partial charge in [0.25, 0.3) is 5.91 Å². The summed E-state index contributed by atoms with van der Waals surface area (Å²) in [5.41, 5.74) is 4.72. The summed E-state index contributed by atoms with van der Waals surface area (Å²) in [6.45, 7) is 4.39. The molecule has 7 heteroatoms. The molecule has 3 aliphatic heterocycles. The van der Waals surface area contributed by atoms with Crippen molar-refractivity contribution in [1.29, 1.82) is 0 Å². The van der Waals surface area contributed by atoms with Gasteiger partial charge in [0.05, 0.1) is 5.69 Å². The Morgan fingerprint density at radius 2 is 2.27 bits per heavy atom. The van der Waals surface area contributed by atoms with Crippen LogP contribution in [0, 0.1) is 5.92 Å². The van der Waals surface area contributed by atoms with E-state index in [-0.39, 0.29) is 11.9 Å². The average Bonchev–Trinajstić information content (AvgIpc) is 2.46. The van der Waals surface area contributed by atoms with Crippen LogP contribution in [0.3, 0.4) is 0 Å². The maximum Gasteiger partial charge on any atom is 0.262 e. The van der Waals surface area contributed by atoms with Gasteiger partial charge in [0.2, 0.25) is 0 Å². The second-order valence-corrected chi connectivity index (χ2v) is 6.83. The number of amidine groups is 1. The van der Waals surface area contributed by atoms with E-state index in [9.17, 15) is 4.79 Å². The molecular formula is C15H17BrN4O2. The van der Waals surface area contributed by atoms with E-state index in [1.807, 2.05) is 17.9 Å². The molecule has 116 valence electrons. The molecule has 2 N–H and O–H groups in total. The van der Waals surface area contributed by atoms with E-state index in [1.165, 1.54) is 5.56 Å². The number of carbonyl (C=O) groups excluding carboxylic acids is 1. The first-order valence-electron chi connectivity index (χ1n) is 7.45. The molecule has 0 aliphatic carbocycles. The lowest BCUT2D eigenvalue weighted by atomic mass is 9.93. The summed E-state index contributed by atoms with van der Waals surface area (Å²) in [4.78, 5) is 13.9. The fraction of sp³-hybridized carbons (Fsp3) is 0.467. The molecule has 0 saturated carbocycles. The molecule has 1 aromatic carbocycles. The highest BCUT2D eigenvalue weighted by atomic mass is 79.9. The van der Waals surface area contributed by atoms with Crippen molar-refractivity contribution in [3.05, 3.63) is 22.2 Å². The zero-order chi connectivity index (χ0) is 15.3. The molecule has 0 bridgehead atoms. The van der Waals surface area contributed by atoms with Gasteiger partial charge in [0, 0.05) is 4.47 Å². The number of hydrogen-bond donors (Lipinski definition) is 2. The van der Waals surface area contributed by atoms with E-state index in [2.05, 4.69) is 37.8 Å². The summed E-state index contributed by atoms with van der Waals surface area (Å²) in [6, 6.07) is 3.85. The molecule has 4 rings (SSSR count). The Morgan fingerprint density at radius 3 is 3.00 bits per heavy atom. The van der Waals surface area contributed by atoms with Crippen LogP contribution in [-0.2, 0) is 11.2 Å². The zero-order valence-corrected chi connectivity index (χ0v) is 13.8. The summed E-state index contributed by atoms with van der Waals surface area (Å²) >= 11 is 3.64. The minimum Gasteiger partial charge on any atom is -0.483 e. The van der Waals surface area contributed by atoms with Crippen molar-refractivity contribution in [2.45, 2.75) is 19.4 Å². The minimum atomic E-state index is -0.283. The molecule has 0 spiro atoms. The number of nitrogens with zero attached hydrogens (tertiary/aromatic N) is 2. The van der Waals surface area contributed by atoms with Gasteiger partial charge in [-0.3, -0.25) is 4.79 Å². The van der Waals surface area contributed by atoms with Crippen molar-refractivity contribution in [2.75, 3.05) is 24.6 Å². The summed E-state index contributed by atoms with van der Waals surface area (Å²) in [6.07, 6.45) is 1.02. The fourth-order valence-corrected chi connectivity index (χ4v) is 3.53. The van der Waals surface area contributed by atoms with Gasteiger partial charge >= 0.3 is 0 Å². The number of nitrogens with one attached hydrogen (secondary N) is 2. The Morgan fingerprint density at radius 1 is 1.45 bits per heavy atom. The third kappa shape index (κ3) is 2.19. The van der Waals surface area contributed by atoms with Crippen LogP contribution in [0.5, 0.6) is 5.75 Å². The van der Waals surface area contributed by atoms with Crippen LogP contribution in [0.1, 0.15) is 12.5 Å². The molecule has 1 aromatic rings. The Balaban J connectivity index is 1.74. The molecule has 1 unspecified atom stereocenters. The number of hydrogen-bond acceptors (Lipinski definition) is 5. The smallest absolute Gasteiger partial charge is 0.262 e. The Hall–Kier alpha value is -1.60. The number of halogens is 1. The lowest BCUT2D eigenvalue weighted by molar-refractivity contribution is -0.122.